The first-order chi connectivity index (χ1) is 14.2. The number of hydrogen-bond donors (Lipinski definition) is 0. The molecule has 1 aromatic heterocycles. The van der Waals surface area contributed by atoms with Crippen LogP contribution in [-0.2, 0) is 11.3 Å². The van der Waals surface area contributed by atoms with Gasteiger partial charge in [0.05, 0.1) is 23.4 Å². The predicted molar refractivity (Wildman–Crippen MR) is 110 cm³/mol. The van der Waals surface area contributed by atoms with Crippen LogP contribution in [0.1, 0.15) is 24.2 Å². The van der Waals surface area contributed by atoms with Crippen LogP contribution in [-0.4, -0.2) is 37.1 Å². The molecule has 8 heteroatoms. The quantitative estimate of drug-likeness (QED) is 0.553. The Kier molecular flexibility index (Phi) is 5.82. The van der Waals surface area contributed by atoms with Crippen molar-refractivity contribution in [1.29, 1.82) is 0 Å². The number of aromatic nitrogens is 1. The van der Waals surface area contributed by atoms with Crippen molar-refractivity contribution >= 4 is 27.5 Å². The molecule has 0 N–H and O–H groups in total. The van der Waals surface area contributed by atoms with Gasteiger partial charge < -0.3 is 23.5 Å². The van der Waals surface area contributed by atoms with E-state index in [0.29, 0.717) is 48.2 Å². The van der Waals surface area contributed by atoms with Gasteiger partial charge in [0.2, 0.25) is 6.79 Å². The van der Waals surface area contributed by atoms with Crippen LogP contribution in [0, 0.1) is 0 Å². The minimum atomic E-state index is -0.329. The fourth-order valence-corrected chi connectivity index (χ4v) is 4.18. The summed E-state index contributed by atoms with van der Waals surface area (Å²) in [7, 11) is 0. The summed E-state index contributed by atoms with van der Waals surface area (Å²) in [6.45, 7) is 6.46. The molecular weight excluding hydrogens is 392 g/mol. The molecule has 4 rings (SSSR count). The van der Waals surface area contributed by atoms with E-state index in [9.17, 15) is 4.79 Å². The van der Waals surface area contributed by atoms with Gasteiger partial charge in [-0.25, -0.2) is 0 Å². The fourth-order valence-electron chi connectivity index (χ4n) is 3.09. The van der Waals surface area contributed by atoms with Crippen molar-refractivity contribution in [3.05, 3.63) is 46.8 Å². The van der Waals surface area contributed by atoms with Crippen LogP contribution >= 0.6 is 11.3 Å². The highest BCUT2D eigenvalue weighted by Crippen LogP contribution is 2.32. The first-order valence-corrected chi connectivity index (χ1v) is 10.3. The maximum absolute atomic E-state index is 12.8. The van der Waals surface area contributed by atoms with Gasteiger partial charge in [-0.1, -0.05) is 11.3 Å². The molecule has 0 unspecified atom stereocenters. The largest absolute Gasteiger partial charge is 0.494 e. The van der Waals surface area contributed by atoms with Crippen molar-refractivity contribution in [2.75, 3.05) is 26.6 Å². The van der Waals surface area contributed by atoms with Crippen LogP contribution in [0.5, 0.6) is 17.2 Å². The van der Waals surface area contributed by atoms with Crippen molar-refractivity contribution in [3.8, 4) is 17.2 Å². The Hall–Kier alpha value is -2.84. The molecule has 0 radical (unpaired) electrons. The maximum atomic E-state index is 12.8. The summed E-state index contributed by atoms with van der Waals surface area (Å²) >= 11 is 1.45. The third-order valence-corrected chi connectivity index (χ3v) is 5.49. The first-order valence-electron chi connectivity index (χ1n) is 9.52. The molecule has 1 aliphatic rings. The molecule has 2 aromatic carbocycles. The lowest BCUT2D eigenvalue weighted by Crippen LogP contribution is -2.19. The topological polar surface area (TPSA) is 71.3 Å². The molecule has 0 atom stereocenters. The van der Waals surface area contributed by atoms with Gasteiger partial charge in [0.1, 0.15) is 5.75 Å². The minimum absolute atomic E-state index is 0.167. The molecule has 7 nitrogen and oxygen atoms in total. The van der Waals surface area contributed by atoms with Gasteiger partial charge in [-0.15, -0.1) is 0 Å². The Bertz CT molecular complexity index is 1100. The lowest BCUT2D eigenvalue weighted by Gasteiger charge is -2.06. The van der Waals surface area contributed by atoms with Crippen molar-refractivity contribution in [2.24, 2.45) is 4.99 Å². The van der Waals surface area contributed by atoms with E-state index in [2.05, 4.69) is 4.99 Å². The van der Waals surface area contributed by atoms with Gasteiger partial charge in [-0.3, -0.25) is 4.79 Å². The lowest BCUT2D eigenvalue weighted by atomic mass is 10.2. The number of benzene rings is 2. The molecular formula is C21H22N2O5S. The molecule has 3 aromatic rings. The second kappa shape index (κ2) is 8.67. The maximum Gasteiger partial charge on any atom is 0.279 e. The second-order valence-electron chi connectivity index (χ2n) is 6.28. The Morgan fingerprint density at radius 2 is 2.00 bits per heavy atom. The number of ether oxygens (including phenoxy) is 4. The summed E-state index contributed by atoms with van der Waals surface area (Å²) in [5.74, 6) is 1.67. The number of amides is 1. The molecule has 0 spiro atoms. The average Bonchev–Trinajstić information content (AvgIpc) is 3.32. The summed E-state index contributed by atoms with van der Waals surface area (Å²) < 4.78 is 24.8. The Morgan fingerprint density at radius 3 is 2.83 bits per heavy atom. The molecule has 0 aliphatic carbocycles. The van der Waals surface area contributed by atoms with E-state index in [1.54, 1.807) is 18.2 Å². The SMILES string of the molecule is CCOCCn1c(=NC(=O)c2ccc3c(c2)OCO3)sc2cc(OCC)ccc21. The molecule has 0 saturated heterocycles. The summed E-state index contributed by atoms with van der Waals surface area (Å²) in [5, 5.41) is 0. The zero-order chi connectivity index (χ0) is 20.2. The number of carbonyl (C=O) groups excluding carboxylic acids is 1. The smallest absolute Gasteiger partial charge is 0.279 e. The highest BCUT2D eigenvalue weighted by Gasteiger charge is 2.16. The number of nitrogens with zero attached hydrogens (tertiary/aromatic N) is 2. The van der Waals surface area contributed by atoms with Crippen molar-refractivity contribution in [2.45, 2.75) is 20.4 Å². The van der Waals surface area contributed by atoms with E-state index < -0.39 is 0 Å². The van der Waals surface area contributed by atoms with Crippen LogP contribution in [0.3, 0.4) is 0 Å². The highest BCUT2D eigenvalue weighted by atomic mass is 32.1. The monoisotopic (exact) mass is 414 g/mol. The first kappa shape index (κ1) is 19.5. The second-order valence-corrected chi connectivity index (χ2v) is 7.29. The number of rotatable bonds is 7. The van der Waals surface area contributed by atoms with Crippen LogP contribution in [0.4, 0.5) is 0 Å². The van der Waals surface area contributed by atoms with E-state index in [4.69, 9.17) is 18.9 Å². The van der Waals surface area contributed by atoms with Gasteiger partial charge in [0.25, 0.3) is 5.91 Å². The van der Waals surface area contributed by atoms with Crippen LogP contribution in [0.25, 0.3) is 10.2 Å². The number of carbonyl (C=O) groups is 1. The van der Waals surface area contributed by atoms with Crippen LogP contribution in [0.2, 0.25) is 0 Å². The van der Waals surface area contributed by atoms with Crippen molar-refractivity contribution < 1.29 is 23.7 Å². The molecule has 0 bridgehead atoms. The molecule has 0 fully saturated rings. The van der Waals surface area contributed by atoms with Gasteiger partial charge in [-0.2, -0.15) is 4.99 Å². The van der Waals surface area contributed by atoms with Crippen molar-refractivity contribution in [1.82, 2.24) is 4.57 Å². The third kappa shape index (κ3) is 4.13. The average molecular weight is 414 g/mol. The summed E-state index contributed by atoms with van der Waals surface area (Å²) in [5.41, 5.74) is 1.45. The van der Waals surface area contributed by atoms with Gasteiger partial charge in [-0.05, 0) is 50.2 Å². The normalized spacial score (nSPS) is 13.2. The Balaban J connectivity index is 1.73. The van der Waals surface area contributed by atoms with Crippen LogP contribution in [0.15, 0.2) is 41.4 Å². The molecule has 1 aliphatic heterocycles. The predicted octanol–water partition coefficient (Wildman–Crippen LogP) is 3.61. The number of fused-ring (bicyclic) bond motifs is 2. The van der Waals surface area contributed by atoms with E-state index >= 15 is 0 Å². The molecule has 2 heterocycles. The van der Waals surface area contributed by atoms with Gasteiger partial charge >= 0.3 is 0 Å². The molecule has 1 amide bonds. The van der Waals surface area contributed by atoms with E-state index in [0.717, 1.165) is 16.0 Å². The van der Waals surface area contributed by atoms with E-state index in [1.807, 2.05) is 36.6 Å². The Morgan fingerprint density at radius 1 is 1.14 bits per heavy atom. The molecule has 0 saturated carbocycles. The fraction of sp³-hybridized carbons (Fsp3) is 0.333. The minimum Gasteiger partial charge on any atom is -0.494 e. The zero-order valence-electron chi connectivity index (χ0n) is 16.3. The van der Waals surface area contributed by atoms with Crippen molar-refractivity contribution in [3.63, 3.8) is 0 Å². The summed E-state index contributed by atoms with van der Waals surface area (Å²) in [6.07, 6.45) is 0. The summed E-state index contributed by atoms with van der Waals surface area (Å²) in [4.78, 5) is 17.8. The zero-order valence-corrected chi connectivity index (χ0v) is 17.2. The molecule has 29 heavy (non-hydrogen) atoms. The van der Waals surface area contributed by atoms with Gasteiger partial charge in [0, 0.05) is 18.7 Å². The van der Waals surface area contributed by atoms with E-state index in [1.165, 1.54) is 11.3 Å². The standard InChI is InChI=1S/C21H22N2O5S/c1-3-25-10-9-23-16-7-6-15(26-4-2)12-19(16)29-21(23)22-20(24)14-5-8-17-18(11-14)28-13-27-17/h5-8,11-12H,3-4,9-10,13H2,1-2H3. The van der Waals surface area contributed by atoms with Crippen LogP contribution < -0.4 is 19.0 Å². The third-order valence-electron chi connectivity index (χ3n) is 4.45. The van der Waals surface area contributed by atoms with E-state index in [-0.39, 0.29) is 12.7 Å². The lowest BCUT2D eigenvalue weighted by molar-refractivity contribution is 0.0996. The van der Waals surface area contributed by atoms with Gasteiger partial charge in [0.15, 0.2) is 16.3 Å². The highest BCUT2D eigenvalue weighted by molar-refractivity contribution is 7.16. The Labute approximate surface area is 172 Å². The molecule has 152 valence electrons. The number of thiazole rings is 1. The summed E-state index contributed by atoms with van der Waals surface area (Å²) in [6, 6.07) is 11.0. The number of hydrogen-bond acceptors (Lipinski definition) is 6.